The van der Waals surface area contributed by atoms with Crippen LogP contribution < -0.4 is 9.46 Å². The first-order valence-corrected chi connectivity index (χ1v) is 10.6. The highest BCUT2D eigenvalue weighted by molar-refractivity contribution is 7.92. The lowest BCUT2D eigenvalue weighted by Crippen LogP contribution is -2.13. The Morgan fingerprint density at radius 1 is 1.03 bits per heavy atom. The summed E-state index contributed by atoms with van der Waals surface area (Å²) in [6.07, 6.45) is 1.77. The van der Waals surface area contributed by atoms with Gasteiger partial charge in [0.05, 0.1) is 24.0 Å². The van der Waals surface area contributed by atoms with E-state index in [1.165, 1.54) is 18.2 Å². The van der Waals surface area contributed by atoms with Crippen LogP contribution in [0.2, 0.25) is 10.0 Å². The molecule has 0 spiro atoms. The van der Waals surface area contributed by atoms with Gasteiger partial charge in [-0.25, -0.2) is 17.9 Å². The third kappa shape index (κ3) is 4.00. The van der Waals surface area contributed by atoms with Gasteiger partial charge in [-0.15, -0.1) is 5.10 Å². The van der Waals surface area contributed by atoms with Gasteiger partial charge in [-0.2, -0.15) is 0 Å². The number of sulfonamides is 1. The van der Waals surface area contributed by atoms with Gasteiger partial charge in [0.25, 0.3) is 10.0 Å². The van der Waals surface area contributed by atoms with Crippen molar-refractivity contribution in [3.63, 3.8) is 0 Å². The van der Waals surface area contributed by atoms with Gasteiger partial charge in [0.1, 0.15) is 4.90 Å². The summed E-state index contributed by atoms with van der Waals surface area (Å²) in [5, 5.41) is 4.64. The van der Waals surface area contributed by atoms with E-state index in [0.29, 0.717) is 22.9 Å². The number of aromatic nitrogens is 3. The van der Waals surface area contributed by atoms with Crippen molar-refractivity contribution >= 4 is 44.6 Å². The fourth-order valence-electron chi connectivity index (χ4n) is 2.71. The first-order chi connectivity index (χ1) is 13.9. The second-order valence-electron chi connectivity index (χ2n) is 6.06. The molecule has 0 amide bonds. The van der Waals surface area contributed by atoms with Crippen molar-refractivity contribution in [2.75, 3.05) is 11.8 Å². The normalized spacial score (nSPS) is 11.6. The van der Waals surface area contributed by atoms with E-state index in [-0.39, 0.29) is 14.9 Å². The average Bonchev–Trinajstić information content (AvgIpc) is 3.13. The van der Waals surface area contributed by atoms with E-state index in [0.717, 1.165) is 5.56 Å². The molecule has 0 saturated heterocycles. The van der Waals surface area contributed by atoms with Crippen LogP contribution in [0.3, 0.4) is 0 Å². The summed E-state index contributed by atoms with van der Waals surface area (Å²) in [6, 6.07) is 14.6. The Kier molecular flexibility index (Phi) is 5.08. The maximum absolute atomic E-state index is 12.6. The quantitative estimate of drug-likeness (QED) is 0.485. The molecule has 7 nitrogen and oxygen atoms in total. The van der Waals surface area contributed by atoms with E-state index in [9.17, 15) is 8.42 Å². The van der Waals surface area contributed by atoms with Crippen LogP contribution in [0.25, 0.3) is 16.9 Å². The minimum atomic E-state index is -3.88. The summed E-state index contributed by atoms with van der Waals surface area (Å²) >= 11 is 11.9. The fraction of sp³-hybridized carbons (Fsp3) is 0.0526. The Balaban J connectivity index is 1.60. The molecule has 0 atom stereocenters. The maximum Gasteiger partial charge on any atom is 0.263 e. The predicted octanol–water partition coefficient (Wildman–Crippen LogP) is 4.51. The minimum Gasteiger partial charge on any atom is -0.480 e. The zero-order chi connectivity index (χ0) is 20.6. The molecule has 0 aliphatic carbocycles. The zero-order valence-electron chi connectivity index (χ0n) is 15.0. The van der Waals surface area contributed by atoms with Crippen molar-refractivity contribution in [3.05, 3.63) is 70.8 Å². The summed E-state index contributed by atoms with van der Waals surface area (Å²) in [6.45, 7) is 0. The Hall–Kier alpha value is -2.81. The molecule has 0 aliphatic rings. The van der Waals surface area contributed by atoms with Crippen LogP contribution in [-0.2, 0) is 10.0 Å². The number of hydrogen-bond acceptors (Lipinski definition) is 5. The van der Waals surface area contributed by atoms with Crippen molar-refractivity contribution < 1.29 is 13.2 Å². The lowest BCUT2D eigenvalue weighted by atomic mass is 10.1. The van der Waals surface area contributed by atoms with E-state index in [1.807, 2.05) is 0 Å². The Labute approximate surface area is 176 Å². The number of rotatable bonds is 5. The second kappa shape index (κ2) is 7.55. The highest BCUT2D eigenvalue weighted by Gasteiger charge is 2.18. The van der Waals surface area contributed by atoms with Gasteiger partial charge in [0.2, 0.25) is 5.88 Å². The Bertz CT molecular complexity index is 1310. The fourth-order valence-corrected chi connectivity index (χ4v) is 4.54. The van der Waals surface area contributed by atoms with Crippen molar-refractivity contribution in [1.82, 2.24) is 14.6 Å². The number of nitrogens with zero attached hydrogens (tertiary/aromatic N) is 3. The second-order valence-corrected chi connectivity index (χ2v) is 8.56. The van der Waals surface area contributed by atoms with Gasteiger partial charge in [0, 0.05) is 22.3 Å². The Morgan fingerprint density at radius 3 is 2.52 bits per heavy atom. The predicted molar refractivity (Wildman–Crippen MR) is 112 cm³/mol. The molecule has 2 aromatic heterocycles. The summed E-state index contributed by atoms with van der Waals surface area (Å²) in [5.41, 5.74) is 2.55. The van der Waals surface area contributed by atoms with Gasteiger partial charge in [0.15, 0.2) is 5.65 Å². The molecule has 0 bridgehead atoms. The van der Waals surface area contributed by atoms with Gasteiger partial charge in [-0.05, 0) is 36.4 Å². The van der Waals surface area contributed by atoms with Crippen LogP contribution >= 0.6 is 23.2 Å². The smallest absolute Gasteiger partial charge is 0.263 e. The number of methoxy groups -OCH3 is 1. The molecule has 29 heavy (non-hydrogen) atoms. The van der Waals surface area contributed by atoms with Crippen molar-refractivity contribution in [2.24, 2.45) is 0 Å². The number of anilines is 1. The van der Waals surface area contributed by atoms with Crippen molar-refractivity contribution in [3.8, 4) is 17.1 Å². The molecule has 2 heterocycles. The summed E-state index contributed by atoms with van der Waals surface area (Å²) in [5.74, 6) is 0.478. The molecule has 4 aromatic rings. The summed E-state index contributed by atoms with van der Waals surface area (Å²) in [4.78, 5) is 4.42. The monoisotopic (exact) mass is 448 g/mol. The van der Waals surface area contributed by atoms with E-state index in [4.69, 9.17) is 27.9 Å². The SMILES string of the molecule is COc1ccc2nc(-c3ccc(NS(=O)(=O)c4cc(Cl)ccc4Cl)cc3)cn2n1. The molecule has 0 radical (unpaired) electrons. The Morgan fingerprint density at radius 2 is 1.79 bits per heavy atom. The van der Waals surface area contributed by atoms with Gasteiger partial charge >= 0.3 is 0 Å². The average molecular weight is 449 g/mol. The molecule has 10 heteroatoms. The summed E-state index contributed by atoms with van der Waals surface area (Å²) in [7, 11) is -2.34. The number of hydrogen-bond donors (Lipinski definition) is 1. The number of fused-ring (bicyclic) bond motifs is 1. The molecule has 0 aliphatic heterocycles. The molecule has 0 unspecified atom stereocenters. The lowest BCUT2D eigenvalue weighted by Gasteiger charge is -2.10. The van der Waals surface area contributed by atoms with Gasteiger partial charge < -0.3 is 4.74 Å². The highest BCUT2D eigenvalue weighted by Crippen LogP contribution is 2.28. The van der Waals surface area contributed by atoms with Gasteiger partial charge in [-0.1, -0.05) is 35.3 Å². The van der Waals surface area contributed by atoms with E-state index in [1.54, 1.807) is 54.2 Å². The maximum atomic E-state index is 12.6. The third-order valence-corrected chi connectivity index (χ3v) is 6.22. The molecule has 0 fully saturated rings. The van der Waals surface area contributed by atoms with Crippen LogP contribution in [0.5, 0.6) is 5.88 Å². The first kappa shape index (κ1) is 19.5. The molecule has 1 N–H and O–H groups in total. The van der Waals surface area contributed by atoms with Crippen LogP contribution in [-0.4, -0.2) is 30.1 Å². The number of imidazole rings is 1. The lowest BCUT2D eigenvalue weighted by molar-refractivity contribution is 0.390. The van der Waals surface area contributed by atoms with Crippen LogP contribution in [0.1, 0.15) is 0 Å². The van der Waals surface area contributed by atoms with Gasteiger partial charge in [-0.3, -0.25) is 4.72 Å². The van der Waals surface area contributed by atoms with E-state index >= 15 is 0 Å². The zero-order valence-corrected chi connectivity index (χ0v) is 17.3. The molecule has 4 rings (SSSR count). The van der Waals surface area contributed by atoms with Crippen molar-refractivity contribution in [2.45, 2.75) is 4.90 Å². The molecule has 2 aromatic carbocycles. The molecule has 0 saturated carbocycles. The van der Waals surface area contributed by atoms with E-state index in [2.05, 4.69) is 14.8 Å². The first-order valence-electron chi connectivity index (χ1n) is 8.34. The van der Waals surface area contributed by atoms with Crippen LogP contribution in [0.15, 0.2) is 65.7 Å². The largest absolute Gasteiger partial charge is 0.480 e. The number of halogens is 2. The molecule has 148 valence electrons. The minimum absolute atomic E-state index is 0.0869. The highest BCUT2D eigenvalue weighted by atomic mass is 35.5. The molecular formula is C19H14Cl2N4O3S. The summed E-state index contributed by atoms with van der Waals surface area (Å²) < 4.78 is 34.5. The standard InChI is InChI=1S/C19H14Cl2N4O3S/c1-28-19-9-8-18-22-16(11-25(18)23-19)12-2-5-14(6-3-12)24-29(26,27)17-10-13(20)4-7-15(17)21/h2-11,24H,1H3. The topological polar surface area (TPSA) is 85.6 Å². The third-order valence-electron chi connectivity index (χ3n) is 4.12. The molecular weight excluding hydrogens is 435 g/mol. The number of nitrogens with one attached hydrogen (secondary N) is 1. The number of ether oxygens (including phenoxy) is 1. The number of benzene rings is 2. The van der Waals surface area contributed by atoms with Crippen LogP contribution in [0.4, 0.5) is 5.69 Å². The van der Waals surface area contributed by atoms with Crippen LogP contribution in [0, 0.1) is 0 Å². The van der Waals surface area contributed by atoms with E-state index < -0.39 is 10.0 Å². The van der Waals surface area contributed by atoms with Crippen molar-refractivity contribution in [1.29, 1.82) is 0 Å².